The number of nitrogens with one attached hydrogen (secondary N) is 2. The van der Waals surface area contributed by atoms with Gasteiger partial charge in [-0.05, 0) is 12.1 Å². The van der Waals surface area contributed by atoms with Crippen molar-refractivity contribution in [3.05, 3.63) is 35.4 Å². The first-order valence-corrected chi connectivity index (χ1v) is 5.09. The third kappa shape index (κ3) is 3.56. The van der Waals surface area contributed by atoms with Gasteiger partial charge in [0.1, 0.15) is 0 Å². The molecule has 0 aliphatic heterocycles. The maximum Gasteiger partial charge on any atom is 0.336 e. The molecule has 1 aromatic rings. The minimum atomic E-state index is -1.20. The molecule has 0 saturated carbocycles. The average Bonchev–Trinajstić information content (AvgIpc) is 2.38. The van der Waals surface area contributed by atoms with Crippen LogP contribution < -0.4 is 10.8 Å². The zero-order valence-electron chi connectivity index (χ0n) is 9.34. The number of benzene rings is 1. The first-order valence-electron chi connectivity index (χ1n) is 5.09. The van der Waals surface area contributed by atoms with Gasteiger partial charge in [-0.3, -0.25) is 14.8 Å². The normalized spacial score (nSPS) is 9.61. The smallest absolute Gasteiger partial charge is 0.336 e. The van der Waals surface area contributed by atoms with E-state index in [1.165, 1.54) is 23.7 Å². The Labute approximate surface area is 102 Å². The van der Waals surface area contributed by atoms with Gasteiger partial charge in [0.25, 0.3) is 5.91 Å². The van der Waals surface area contributed by atoms with Gasteiger partial charge in [0.2, 0.25) is 5.91 Å². The molecule has 2 amide bonds. The lowest BCUT2D eigenvalue weighted by atomic mass is 10.1. The third-order valence-corrected chi connectivity index (χ3v) is 2.16. The first kappa shape index (κ1) is 13.7. The lowest BCUT2D eigenvalue weighted by Crippen LogP contribution is -2.30. The third-order valence-electron chi connectivity index (χ3n) is 2.16. The standard InChI is InChI=1S/C11H12N2O5/c14-9(13-18)5-6-12-10(15)7-3-1-2-4-8(7)11(16)17/h1-4,18H,5-6H2,(H,12,15)(H,13,14)(H,16,17). The number of amides is 2. The predicted molar refractivity (Wildman–Crippen MR) is 60.3 cm³/mol. The topological polar surface area (TPSA) is 116 Å². The highest BCUT2D eigenvalue weighted by atomic mass is 16.5. The van der Waals surface area contributed by atoms with E-state index in [4.69, 9.17) is 10.3 Å². The van der Waals surface area contributed by atoms with Gasteiger partial charge in [-0.25, -0.2) is 10.3 Å². The molecule has 1 aromatic carbocycles. The molecule has 0 spiro atoms. The number of carboxylic acid groups (broad SMARTS) is 1. The van der Waals surface area contributed by atoms with Gasteiger partial charge in [-0.2, -0.15) is 0 Å². The Morgan fingerprint density at radius 3 is 2.28 bits per heavy atom. The zero-order chi connectivity index (χ0) is 13.5. The molecule has 0 unspecified atom stereocenters. The van der Waals surface area contributed by atoms with Gasteiger partial charge in [-0.15, -0.1) is 0 Å². The molecular formula is C11H12N2O5. The van der Waals surface area contributed by atoms with Gasteiger partial charge in [0.05, 0.1) is 11.1 Å². The zero-order valence-corrected chi connectivity index (χ0v) is 9.34. The Hall–Kier alpha value is -2.41. The fourth-order valence-electron chi connectivity index (χ4n) is 1.31. The molecule has 7 nitrogen and oxygen atoms in total. The maximum atomic E-state index is 11.7. The van der Waals surface area contributed by atoms with Crippen LogP contribution in [0.2, 0.25) is 0 Å². The Balaban J connectivity index is 2.67. The summed E-state index contributed by atoms with van der Waals surface area (Å²) in [6, 6.07) is 5.75. The quantitative estimate of drug-likeness (QED) is 0.435. The summed E-state index contributed by atoms with van der Waals surface area (Å²) in [6.07, 6.45) is -0.0997. The average molecular weight is 252 g/mol. The number of carbonyl (C=O) groups excluding carboxylic acids is 2. The van der Waals surface area contributed by atoms with Gasteiger partial charge < -0.3 is 10.4 Å². The Kier molecular flexibility index (Phi) is 4.82. The molecule has 0 saturated heterocycles. The minimum absolute atomic E-state index is 0.000813. The van der Waals surface area contributed by atoms with Crippen LogP contribution in [-0.4, -0.2) is 34.6 Å². The van der Waals surface area contributed by atoms with Crippen LogP contribution in [0, 0.1) is 0 Å². The van der Waals surface area contributed by atoms with Crippen LogP contribution in [0.15, 0.2) is 24.3 Å². The van der Waals surface area contributed by atoms with Crippen molar-refractivity contribution in [2.24, 2.45) is 0 Å². The van der Waals surface area contributed by atoms with E-state index in [0.29, 0.717) is 0 Å². The lowest BCUT2D eigenvalue weighted by Gasteiger charge is -2.06. The van der Waals surface area contributed by atoms with Crippen molar-refractivity contribution in [1.82, 2.24) is 10.8 Å². The van der Waals surface area contributed by atoms with Crippen molar-refractivity contribution in [2.75, 3.05) is 6.54 Å². The van der Waals surface area contributed by atoms with Gasteiger partial charge in [0, 0.05) is 13.0 Å². The molecule has 1 rings (SSSR count). The fraction of sp³-hybridized carbons (Fsp3) is 0.182. The number of carboxylic acids is 1. The van der Waals surface area contributed by atoms with E-state index in [1.54, 1.807) is 6.07 Å². The highest BCUT2D eigenvalue weighted by Crippen LogP contribution is 2.08. The Bertz CT molecular complexity index is 472. The van der Waals surface area contributed by atoms with Crippen LogP contribution in [0.25, 0.3) is 0 Å². The SMILES string of the molecule is O=C(CCNC(=O)c1ccccc1C(=O)O)NO. The molecule has 96 valence electrons. The van der Waals surface area contributed by atoms with E-state index in [1.807, 2.05) is 0 Å². The summed E-state index contributed by atoms with van der Waals surface area (Å²) >= 11 is 0. The maximum absolute atomic E-state index is 11.7. The Morgan fingerprint density at radius 2 is 1.72 bits per heavy atom. The van der Waals surface area contributed by atoms with E-state index < -0.39 is 17.8 Å². The molecule has 0 bridgehead atoms. The summed E-state index contributed by atoms with van der Waals surface area (Å²) < 4.78 is 0. The predicted octanol–water partition coefficient (Wildman–Crippen LogP) is 0.0101. The van der Waals surface area contributed by atoms with Crippen molar-refractivity contribution < 1.29 is 24.7 Å². The van der Waals surface area contributed by atoms with Crippen molar-refractivity contribution in [3.63, 3.8) is 0 Å². The summed E-state index contributed by atoms with van der Waals surface area (Å²) in [7, 11) is 0. The summed E-state index contributed by atoms with van der Waals surface area (Å²) in [6.45, 7) is -0.000813. The van der Waals surface area contributed by atoms with E-state index in [2.05, 4.69) is 5.32 Å². The van der Waals surface area contributed by atoms with Gasteiger partial charge in [-0.1, -0.05) is 12.1 Å². The fourth-order valence-corrected chi connectivity index (χ4v) is 1.31. The van der Waals surface area contributed by atoms with E-state index in [0.717, 1.165) is 0 Å². The molecule has 0 heterocycles. The number of hydrogen-bond acceptors (Lipinski definition) is 4. The number of hydroxylamine groups is 1. The molecule has 4 N–H and O–H groups in total. The van der Waals surface area contributed by atoms with Crippen LogP contribution in [0.3, 0.4) is 0 Å². The second-order valence-electron chi connectivity index (χ2n) is 3.39. The second-order valence-corrected chi connectivity index (χ2v) is 3.39. The molecule has 0 aliphatic rings. The highest BCUT2D eigenvalue weighted by molar-refractivity contribution is 6.04. The minimum Gasteiger partial charge on any atom is -0.478 e. The molecule has 7 heteroatoms. The van der Waals surface area contributed by atoms with Crippen LogP contribution >= 0.6 is 0 Å². The van der Waals surface area contributed by atoms with Crippen molar-refractivity contribution in [2.45, 2.75) is 6.42 Å². The highest BCUT2D eigenvalue weighted by Gasteiger charge is 2.15. The van der Waals surface area contributed by atoms with Gasteiger partial charge in [0.15, 0.2) is 0 Å². The monoisotopic (exact) mass is 252 g/mol. The summed E-state index contributed by atoms with van der Waals surface area (Å²) in [4.78, 5) is 33.2. The molecule has 0 aliphatic carbocycles. The summed E-state index contributed by atoms with van der Waals surface area (Å²) in [5, 5.41) is 19.5. The van der Waals surface area contributed by atoms with Crippen molar-refractivity contribution in [1.29, 1.82) is 0 Å². The molecule has 0 aromatic heterocycles. The number of rotatable bonds is 5. The molecule has 0 radical (unpaired) electrons. The molecular weight excluding hydrogens is 240 g/mol. The van der Waals surface area contributed by atoms with E-state index in [-0.39, 0.29) is 24.1 Å². The van der Waals surface area contributed by atoms with Crippen LogP contribution in [-0.2, 0) is 4.79 Å². The number of aromatic carboxylic acids is 1. The van der Waals surface area contributed by atoms with Crippen LogP contribution in [0.4, 0.5) is 0 Å². The van der Waals surface area contributed by atoms with Crippen molar-refractivity contribution in [3.8, 4) is 0 Å². The van der Waals surface area contributed by atoms with Crippen LogP contribution in [0.5, 0.6) is 0 Å². The Morgan fingerprint density at radius 1 is 1.11 bits per heavy atom. The lowest BCUT2D eigenvalue weighted by molar-refractivity contribution is -0.129. The number of carbonyl (C=O) groups is 3. The molecule has 0 atom stereocenters. The van der Waals surface area contributed by atoms with Crippen molar-refractivity contribution >= 4 is 17.8 Å². The largest absolute Gasteiger partial charge is 0.478 e. The summed E-state index contributed by atoms with van der Waals surface area (Å²) in [5.41, 5.74) is 1.34. The number of hydrogen-bond donors (Lipinski definition) is 4. The van der Waals surface area contributed by atoms with E-state index >= 15 is 0 Å². The molecule has 18 heavy (non-hydrogen) atoms. The second kappa shape index (κ2) is 6.36. The molecule has 0 fully saturated rings. The summed E-state index contributed by atoms with van der Waals surface area (Å²) in [5.74, 6) is -2.42. The van der Waals surface area contributed by atoms with Gasteiger partial charge >= 0.3 is 5.97 Å². The van der Waals surface area contributed by atoms with Crippen LogP contribution in [0.1, 0.15) is 27.1 Å². The van der Waals surface area contributed by atoms with E-state index in [9.17, 15) is 14.4 Å². The first-order chi connectivity index (χ1) is 8.56.